The standard InChI is InChI=1S/C17H23N3O2/c1-11-6-2-3-7-12(11)19-16(21)10-15-17(22)20-14-9-5-4-8-13(14)18-15/h2-3,6-7,13-15,18H,4-5,8-10H2,1H3,(H,19,21)(H,20,22)/p+1/t13-,14+,15-/m1/s1. The Morgan fingerprint density at radius 1 is 1.32 bits per heavy atom. The normalized spacial score (nSPS) is 27.7. The van der Waals surface area contributed by atoms with E-state index >= 15 is 0 Å². The van der Waals surface area contributed by atoms with E-state index in [0.717, 1.165) is 24.1 Å². The van der Waals surface area contributed by atoms with Gasteiger partial charge in [-0.15, -0.1) is 0 Å². The Balaban J connectivity index is 1.59. The van der Waals surface area contributed by atoms with E-state index in [-0.39, 0.29) is 30.3 Å². The molecule has 0 spiro atoms. The van der Waals surface area contributed by atoms with Crippen molar-refractivity contribution >= 4 is 17.5 Å². The molecule has 0 unspecified atom stereocenters. The van der Waals surface area contributed by atoms with E-state index < -0.39 is 0 Å². The molecule has 1 saturated heterocycles. The molecule has 1 aromatic carbocycles. The zero-order valence-corrected chi connectivity index (χ0v) is 13.0. The SMILES string of the molecule is Cc1ccccc1NC(=O)C[C@H]1[NH2+][C@@H]2CCCC[C@@H]2NC1=O. The first-order valence-electron chi connectivity index (χ1n) is 8.14. The predicted molar refractivity (Wildman–Crippen MR) is 84.3 cm³/mol. The minimum atomic E-state index is -0.302. The van der Waals surface area contributed by atoms with Gasteiger partial charge in [-0.2, -0.15) is 0 Å². The van der Waals surface area contributed by atoms with Gasteiger partial charge in [-0.25, -0.2) is 0 Å². The van der Waals surface area contributed by atoms with Crippen LogP contribution in [0.5, 0.6) is 0 Å². The summed E-state index contributed by atoms with van der Waals surface area (Å²) in [5.41, 5.74) is 1.85. The summed E-state index contributed by atoms with van der Waals surface area (Å²) >= 11 is 0. The number of hydrogen-bond acceptors (Lipinski definition) is 2. The lowest BCUT2D eigenvalue weighted by Gasteiger charge is -2.37. The van der Waals surface area contributed by atoms with Crippen molar-refractivity contribution in [2.24, 2.45) is 0 Å². The van der Waals surface area contributed by atoms with Crippen molar-refractivity contribution in [3.8, 4) is 0 Å². The minimum Gasteiger partial charge on any atom is -0.342 e. The van der Waals surface area contributed by atoms with Gasteiger partial charge in [-0.3, -0.25) is 9.59 Å². The Hall–Kier alpha value is -1.88. The van der Waals surface area contributed by atoms with E-state index in [0.29, 0.717) is 6.04 Å². The van der Waals surface area contributed by atoms with Gasteiger partial charge >= 0.3 is 0 Å². The van der Waals surface area contributed by atoms with E-state index in [4.69, 9.17) is 0 Å². The van der Waals surface area contributed by atoms with Gasteiger partial charge < -0.3 is 16.0 Å². The number of quaternary nitrogens is 1. The summed E-state index contributed by atoms with van der Waals surface area (Å²) in [6.07, 6.45) is 4.82. The molecular formula is C17H24N3O2+. The molecule has 2 aliphatic rings. The minimum absolute atomic E-state index is 0.00286. The maximum atomic E-state index is 12.2. The number of fused-ring (bicyclic) bond motifs is 1. The second-order valence-electron chi connectivity index (χ2n) is 6.43. The number of nitrogens with two attached hydrogens (primary N) is 1. The molecule has 1 aliphatic heterocycles. The fraction of sp³-hybridized carbons (Fsp3) is 0.529. The van der Waals surface area contributed by atoms with Gasteiger partial charge in [0.1, 0.15) is 6.04 Å². The van der Waals surface area contributed by atoms with Crippen LogP contribution in [0.1, 0.15) is 37.7 Å². The van der Waals surface area contributed by atoms with Gasteiger partial charge in [0.25, 0.3) is 5.91 Å². The Bertz CT molecular complexity index is 573. The molecule has 118 valence electrons. The van der Waals surface area contributed by atoms with Crippen molar-refractivity contribution in [3.05, 3.63) is 29.8 Å². The monoisotopic (exact) mass is 302 g/mol. The van der Waals surface area contributed by atoms with E-state index in [1.807, 2.05) is 31.2 Å². The first-order chi connectivity index (χ1) is 10.6. The summed E-state index contributed by atoms with van der Waals surface area (Å²) in [6.45, 7) is 1.96. The first-order valence-corrected chi connectivity index (χ1v) is 8.14. The number of nitrogens with one attached hydrogen (secondary N) is 2. The average Bonchev–Trinajstić information content (AvgIpc) is 2.50. The van der Waals surface area contributed by atoms with Crippen molar-refractivity contribution in [2.45, 2.75) is 57.2 Å². The second-order valence-corrected chi connectivity index (χ2v) is 6.43. The number of piperazine rings is 1. The van der Waals surface area contributed by atoms with Crippen molar-refractivity contribution in [2.75, 3.05) is 5.32 Å². The van der Waals surface area contributed by atoms with Crippen LogP contribution in [0.15, 0.2) is 24.3 Å². The molecule has 0 radical (unpaired) electrons. The lowest BCUT2D eigenvalue weighted by Crippen LogP contribution is -3.03. The third kappa shape index (κ3) is 3.30. The summed E-state index contributed by atoms with van der Waals surface area (Å²) in [5, 5.41) is 8.12. The van der Waals surface area contributed by atoms with Gasteiger partial charge in [0.15, 0.2) is 6.04 Å². The highest BCUT2D eigenvalue weighted by molar-refractivity contribution is 5.95. The van der Waals surface area contributed by atoms with E-state index in [9.17, 15) is 9.59 Å². The van der Waals surface area contributed by atoms with E-state index in [1.165, 1.54) is 12.8 Å². The quantitative estimate of drug-likeness (QED) is 0.769. The molecule has 2 fully saturated rings. The lowest BCUT2D eigenvalue weighted by atomic mass is 9.87. The lowest BCUT2D eigenvalue weighted by molar-refractivity contribution is -0.718. The van der Waals surface area contributed by atoms with Crippen LogP contribution >= 0.6 is 0 Å². The largest absolute Gasteiger partial charge is 0.342 e. The average molecular weight is 302 g/mol. The molecule has 5 nitrogen and oxygen atoms in total. The number of anilines is 1. The summed E-state index contributed by atoms with van der Waals surface area (Å²) in [4.78, 5) is 24.4. The highest BCUT2D eigenvalue weighted by Gasteiger charge is 2.40. The molecule has 22 heavy (non-hydrogen) atoms. The molecule has 1 heterocycles. The second kappa shape index (κ2) is 6.48. The number of amides is 2. The zero-order valence-electron chi connectivity index (χ0n) is 13.0. The van der Waals surface area contributed by atoms with Crippen molar-refractivity contribution < 1.29 is 14.9 Å². The Labute approximate surface area is 130 Å². The molecule has 0 aromatic heterocycles. The molecule has 3 atom stereocenters. The summed E-state index contributed by atoms with van der Waals surface area (Å²) in [5.74, 6) is -0.0944. The van der Waals surface area contributed by atoms with Gasteiger partial charge in [-0.1, -0.05) is 24.6 Å². The fourth-order valence-corrected chi connectivity index (χ4v) is 3.52. The number of hydrogen-bond donors (Lipinski definition) is 3. The Kier molecular flexibility index (Phi) is 4.43. The van der Waals surface area contributed by atoms with Gasteiger partial charge in [0.05, 0.1) is 12.5 Å². The molecule has 3 rings (SSSR count). The van der Waals surface area contributed by atoms with Crippen LogP contribution in [0.4, 0.5) is 5.69 Å². The molecular weight excluding hydrogens is 278 g/mol. The van der Waals surface area contributed by atoms with Gasteiger partial charge in [-0.05, 0) is 31.4 Å². The number of para-hydroxylation sites is 1. The van der Waals surface area contributed by atoms with Crippen molar-refractivity contribution in [1.82, 2.24) is 5.32 Å². The first kappa shape index (κ1) is 15.0. The van der Waals surface area contributed by atoms with Crippen LogP contribution < -0.4 is 16.0 Å². The summed E-state index contributed by atoms with van der Waals surface area (Å²) < 4.78 is 0. The van der Waals surface area contributed by atoms with Crippen LogP contribution in [0.2, 0.25) is 0 Å². The molecule has 5 heteroatoms. The summed E-state index contributed by atoms with van der Waals surface area (Å²) in [6, 6.07) is 8.10. The van der Waals surface area contributed by atoms with E-state index in [2.05, 4.69) is 16.0 Å². The molecule has 2 amide bonds. The van der Waals surface area contributed by atoms with Crippen molar-refractivity contribution in [3.63, 3.8) is 0 Å². The van der Waals surface area contributed by atoms with Crippen LogP contribution in [0, 0.1) is 6.92 Å². The molecule has 4 N–H and O–H groups in total. The topological polar surface area (TPSA) is 74.8 Å². The Morgan fingerprint density at radius 2 is 2.09 bits per heavy atom. The van der Waals surface area contributed by atoms with Crippen LogP contribution in [-0.2, 0) is 9.59 Å². The maximum absolute atomic E-state index is 12.2. The third-order valence-corrected chi connectivity index (χ3v) is 4.79. The zero-order chi connectivity index (χ0) is 15.5. The Morgan fingerprint density at radius 3 is 2.91 bits per heavy atom. The number of rotatable bonds is 3. The van der Waals surface area contributed by atoms with Crippen LogP contribution in [0.25, 0.3) is 0 Å². The van der Waals surface area contributed by atoms with Gasteiger partial charge in [0, 0.05) is 12.1 Å². The molecule has 1 aromatic rings. The van der Waals surface area contributed by atoms with Crippen LogP contribution in [0.3, 0.4) is 0 Å². The highest BCUT2D eigenvalue weighted by atomic mass is 16.2. The highest BCUT2D eigenvalue weighted by Crippen LogP contribution is 2.19. The van der Waals surface area contributed by atoms with Crippen molar-refractivity contribution in [1.29, 1.82) is 0 Å². The number of carbonyl (C=O) groups is 2. The summed E-state index contributed by atoms with van der Waals surface area (Å²) in [7, 11) is 0. The number of aryl methyl sites for hydroxylation is 1. The molecule has 1 saturated carbocycles. The van der Waals surface area contributed by atoms with Crippen LogP contribution in [-0.4, -0.2) is 29.9 Å². The predicted octanol–water partition coefficient (Wildman–Crippen LogP) is 0.697. The maximum Gasteiger partial charge on any atom is 0.279 e. The van der Waals surface area contributed by atoms with E-state index in [1.54, 1.807) is 0 Å². The number of carbonyl (C=O) groups excluding carboxylic acids is 2. The molecule has 0 bridgehead atoms. The number of benzene rings is 1. The fourth-order valence-electron chi connectivity index (χ4n) is 3.52. The third-order valence-electron chi connectivity index (χ3n) is 4.79. The smallest absolute Gasteiger partial charge is 0.279 e. The molecule has 1 aliphatic carbocycles. The van der Waals surface area contributed by atoms with Gasteiger partial charge in [0.2, 0.25) is 5.91 Å².